The number of nitrogens with zero attached hydrogens (tertiary/aromatic N) is 2. The lowest BCUT2D eigenvalue weighted by atomic mass is 9.92. The van der Waals surface area contributed by atoms with Crippen molar-refractivity contribution >= 4 is 11.6 Å². The maximum Gasteiger partial charge on any atom is 0.220 e. The number of hydrogen-bond donors (Lipinski definition) is 1. The lowest BCUT2D eigenvalue weighted by molar-refractivity contribution is -0.118. The minimum atomic E-state index is -0.538. The smallest absolute Gasteiger partial charge is 0.220 e. The minimum absolute atomic E-state index is 0.0393. The molecule has 1 aliphatic rings. The zero-order chi connectivity index (χ0) is 18.0. The Morgan fingerprint density at radius 2 is 2.04 bits per heavy atom. The SMILES string of the molecule is C=C/C=C(\C=C)C1=N[C@@H](CC(N)=O)c2onc(C)c2-c2ccccc21. The van der Waals surface area contributed by atoms with Gasteiger partial charge in [0, 0.05) is 5.56 Å². The molecule has 1 atom stereocenters. The van der Waals surface area contributed by atoms with Crippen molar-refractivity contribution in [3.63, 3.8) is 0 Å². The summed E-state index contributed by atoms with van der Waals surface area (Å²) in [5.74, 6) is 0.104. The summed E-state index contributed by atoms with van der Waals surface area (Å²) in [5.41, 5.74) is 10.5. The van der Waals surface area contributed by atoms with E-state index in [0.717, 1.165) is 33.7 Å². The van der Waals surface area contributed by atoms with Crippen LogP contribution in [0.1, 0.15) is 29.5 Å². The fourth-order valence-corrected chi connectivity index (χ4v) is 3.06. The Morgan fingerprint density at radius 1 is 1.32 bits per heavy atom. The second kappa shape index (κ2) is 6.73. The summed E-state index contributed by atoms with van der Waals surface area (Å²) in [6.07, 6.45) is 5.27. The van der Waals surface area contributed by atoms with Crippen LogP contribution in [0.5, 0.6) is 0 Å². The Morgan fingerprint density at radius 3 is 2.68 bits per heavy atom. The highest BCUT2D eigenvalue weighted by molar-refractivity contribution is 6.18. The highest BCUT2D eigenvalue weighted by atomic mass is 16.5. The molecule has 0 fully saturated rings. The van der Waals surface area contributed by atoms with Gasteiger partial charge in [-0.3, -0.25) is 9.79 Å². The van der Waals surface area contributed by atoms with Gasteiger partial charge in [-0.05, 0) is 18.1 Å². The molecule has 5 nitrogen and oxygen atoms in total. The van der Waals surface area contributed by atoms with Gasteiger partial charge in [-0.15, -0.1) is 0 Å². The number of hydrogen-bond acceptors (Lipinski definition) is 4. The summed E-state index contributed by atoms with van der Waals surface area (Å²) in [4.78, 5) is 16.4. The number of aromatic nitrogens is 1. The number of benzene rings is 1. The van der Waals surface area contributed by atoms with Gasteiger partial charge in [0.05, 0.1) is 23.4 Å². The molecule has 25 heavy (non-hydrogen) atoms. The van der Waals surface area contributed by atoms with Crippen molar-refractivity contribution in [3.8, 4) is 11.1 Å². The number of aryl methyl sites for hydroxylation is 1. The van der Waals surface area contributed by atoms with Crippen LogP contribution in [-0.2, 0) is 4.79 Å². The van der Waals surface area contributed by atoms with Gasteiger partial charge in [0.2, 0.25) is 5.91 Å². The fraction of sp³-hybridized carbons (Fsp3) is 0.150. The first kappa shape index (κ1) is 16.6. The summed E-state index contributed by atoms with van der Waals surface area (Å²) in [5, 5.41) is 4.08. The van der Waals surface area contributed by atoms with E-state index in [1.54, 1.807) is 12.2 Å². The number of primary amides is 1. The molecule has 1 aromatic carbocycles. The predicted molar refractivity (Wildman–Crippen MR) is 98.2 cm³/mol. The molecule has 0 spiro atoms. The zero-order valence-electron chi connectivity index (χ0n) is 14.0. The van der Waals surface area contributed by atoms with Crippen LogP contribution in [0.4, 0.5) is 0 Å². The fourth-order valence-electron chi connectivity index (χ4n) is 3.06. The van der Waals surface area contributed by atoms with Crippen LogP contribution in [-0.4, -0.2) is 16.8 Å². The molecular formula is C20H19N3O2. The van der Waals surface area contributed by atoms with E-state index in [9.17, 15) is 4.79 Å². The Labute approximate surface area is 146 Å². The van der Waals surface area contributed by atoms with Crippen molar-refractivity contribution in [2.45, 2.75) is 19.4 Å². The molecule has 0 saturated carbocycles. The van der Waals surface area contributed by atoms with Gasteiger partial charge in [-0.2, -0.15) is 0 Å². The van der Waals surface area contributed by atoms with Gasteiger partial charge in [0.15, 0.2) is 5.76 Å². The third-order valence-electron chi connectivity index (χ3n) is 4.11. The number of carbonyl (C=O) groups is 1. The normalized spacial score (nSPS) is 16.3. The number of rotatable bonds is 5. The molecule has 0 unspecified atom stereocenters. The molecule has 1 aliphatic heterocycles. The quantitative estimate of drug-likeness (QED) is 0.848. The molecule has 2 N–H and O–H groups in total. The average Bonchev–Trinajstić information content (AvgIpc) is 2.91. The molecule has 1 aromatic heterocycles. The van der Waals surface area contributed by atoms with E-state index in [4.69, 9.17) is 15.2 Å². The van der Waals surface area contributed by atoms with E-state index in [-0.39, 0.29) is 6.42 Å². The van der Waals surface area contributed by atoms with Crippen molar-refractivity contribution in [1.29, 1.82) is 0 Å². The zero-order valence-corrected chi connectivity index (χ0v) is 14.0. The summed E-state index contributed by atoms with van der Waals surface area (Å²) < 4.78 is 5.53. The maximum atomic E-state index is 11.6. The Hall–Kier alpha value is -3.21. The standard InChI is InChI=1S/C20H19N3O2/c1-4-8-13(5-2)19-15-10-7-6-9-14(15)18-12(3)23-25-20(18)16(22-19)11-17(21)24/h4-10,16H,1-2,11H2,3H3,(H2,21,24)/b13-8+/t16-/m0/s1. The van der Waals surface area contributed by atoms with Gasteiger partial charge in [-0.1, -0.05) is 60.8 Å². The Kier molecular flexibility index (Phi) is 4.48. The first-order chi connectivity index (χ1) is 12.1. The Balaban J connectivity index is 2.33. The van der Waals surface area contributed by atoms with Crippen molar-refractivity contribution in [2.75, 3.05) is 0 Å². The predicted octanol–water partition coefficient (Wildman–Crippen LogP) is 3.67. The second-order valence-electron chi connectivity index (χ2n) is 5.78. The van der Waals surface area contributed by atoms with E-state index in [2.05, 4.69) is 18.3 Å². The Bertz CT molecular complexity index is 919. The number of carbonyl (C=O) groups excluding carboxylic acids is 1. The summed E-state index contributed by atoms with van der Waals surface area (Å²) >= 11 is 0. The van der Waals surface area contributed by atoms with Crippen molar-refractivity contribution in [1.82, 2.24) is 5.16 Å². The summed E-state index contributed by atoms with van der Waals surface area (Å²) in [6, 6.07) is 7.34. The van der Waals surface area contributed by atoms with Crippen LogP contribution in [0.2, 0.25) is 0 Å². The van der Waals surface area contributed by atoms with Crippen LogP contribution in [0, 0.1) is 6.92 Å². The lowest BCUT2D eigenvalue weighted by Gasteiger charge is -2.11. The largest absolute Gasteiger partial charge is 0.370 e. The van der Waals surface area contributed by atoms with E-state index in [0.29, 0.717) is 5.76 Å². The van der Waals surface area contributed by atoms with E-state index >= 15 is 0 Å². The first-order valence-electron chi connectivity index (χ1n) is 7.94. The minimum Gasteiger partial charge on any atom is -0.370 e. The van der Waals surface area contributed by atoms with Crippen LogP contribution in [0.25, 0.3) is 11.1 Å². The molecule has 0 radical (unpaired) electrons. The van der Waals surface area contributed by atoms with Gasteiger partial charge in [0.25, 0.3) is 0 Å². The van der Waals surface area contributed by atoms with Gasteiger partial charge in [0.1, 0.15) is 6.04 Å². The van der Waals surface area contributed by atoms with E-state index in [1.807, 2.05) is 37.3 Å². The number of allylic oxidation sites excluding steroid dienone is 4. The van der Waals surface area contributed by atoms with Crippen LogP contribution < -0.4 is 5.73 Å². The van der Waals surface area contributed by atoms with Crippen molar-refractivity contribution in [2.24, 2.45) is 10.7 Å². The van der Waals surface area contributed by atoms with Gasteiger partial charge < -0.3 is 10.3 Å². The lowest BCUT2D eigenvalue weighted by Crippen LogP contribution is -2.15. The summed E-state index contributed by atoms with van der Waals surface area (Å²) in [6.45, 7) is 9.50. The monoisotopic (exact) mass is 333 g/mol. The molecule has 1 amide bonds. The van der Waals surface area contributed by atoms with Crippen molar-refractivity contribution in [3.05, 3.63) is 78.2 Å². The highest BCUT2D eigenvalue weighted by Gasteiger charge is 2.31. The van der Waals surface area contributed by atoms with E-state index in [1.165, 1.54) is 0 Å². The van der Waals surface area contributed by atoms with Crippen LogP contribution in [0.15, 0.2) is 70.7 Å². The molecule has 126 valence electrons. The number of aliphatic imine (C=N–C) groups is 1. The molecular weight excluding hydrogens is 314 g/mol. The van der Waals surface area contributed by atoms with Crippen LogP contribution >= 0.6 is 0 Å². The molecule has 5 heteroatoms. The third-order valence-corrected chi connectivity index (χ3v) is 4.11. The van der Waals surface area contributed by atoms with Crippen LogP contribution in [0.3, 0.4) is 0 Å². The number of nitrogens with two attached hydrogens (primary N) is 1. The molecule has 2 aromatic rings. The molecule has 2 heterocycles. The van der Waals surface area contributed by atoms with Crippen molar-refractivity contribution < 1.29 is 9.32 Å². The van der Waals surface area contributed by atoms with Gasteiger partial charge in [-0.25, -0.2) is 0 Å². The summed E-state index contributed by atoms with van der Waals surface area (Å²) in [7, 11) is 0. The molecule has 0 aliphatic carbocycles. The first-order valence-corrected chi connectivity index (χ1v) is 7.94. The van der Waals surface area contributed by atoms with E-state index < -0.39 is 11.9 Å². The third kappa shape index (κ3) is 2.96. The maximum absolute atomic E-state index is 11.6. The van der Waals surface area contributed by atoms with Gasteiger partial charge >= 0.3 is 0 Å². The second-order valence-corrected chi connectivity index (χ2v) is 5.78. The molecule has 3 rings (SSSR count). The number of fused-ring (bicyclic) bond motifs is 3. The molecule has 0 bridgehead atoms. The molecule has 0 saturated heterocycles. The average molecular weight is 333 g/mol. The topological polar surface area (TPSA) is 81.5 Å². The highest BCUT2D eigenvalue weighted by Crippen LogP contribution is 2.40. The number of amides is 1.